The van der Waals surface area contributed by atoms with Gasteiger partial charge in [0, 0.05) is 12.3 Å². The van der Waals surface area contributed by atoms with Crippen molar-refractivity contribution in [1.82, 2.24) is 0 Å². The molecule has 5 rings (SSSR count). The Kier molecular flexibility index (Phi) is 16.4. The quantitative estimate of drug-likeness (QED) is 0.0394. The molecule has 1 aliphatic carbocycles. The van der Waals surface area contributed by atoms with Gasteiger partial charge in [-0.2, -0.15) is 0 Å². The number of rotatable bonds is 19. The van der Waals surface area contributed by atoms with Crippen molar-refractivity contribution in [3.8, 4) is 28.7 Å². The van der Waals surface area contributed by atoms with Crippen LogP contribution in [0.5, 0.6) is 28.7 Å². The van der Waals surface area contributed by atoms with E-state index in [0.29, 0.717) is 34.7 Å². The van der Waals surface area contributed by atoms with Gasteiger partial charge in [0.15, 0.2) is 39.6 Å². The lowest BCUT2D eigenvalue weighted by molar-refractivity contribution is -0.132. The Morgan fingerprint density at radius 1 is 0.635 bits per heavy atom. The Hall–Kier alpha value is -4.21. The number of carbonyl (C=O) groups excluding carboxylic acids is 2. The van der Waals surface area contributed by atoms with E-state index < -0.39 is 31.4 Å². The Balaban J connectivity index is 1.12. The first-order valence-electron chi connectivity index (χ1n) is 22.5. The summed E-state index contributed by atoms with van der Waals surface area (Å²) in [6, 6.07) is 30.5. The van der Waals surface area contributed by atoms with Gasteiger partial charge in [-0.05, 0) is 173 Å². The minimum atomic E-state index is -2.40. The van der Waals surface area contributed by atoms with Crippen molar-refractivity contribution in [3.05, 3.63) is 113 Å². The average molecular weight is 913 g/mol. The van der Waals surface area contributed by atoms with Crippen LogP contribution in [0.4, 0.5) is 4.79 Å². The van der Waals surface area contributed by atoms with Gasteiger partial charge in [-0.3, -0.25) is 4.79 Å². The molecule has 0 saturated heterocycles. The van der Waals surface area contributed by atoms with E-state index in [9.17, 15) is 9.59 Å². The molecule has 0 N–H and O–H groups in total. The molecule has 1 fully saturated rings. The molecule has 0 spiro atoms. The molecule has 4 aromatic rings. The van der Waals surface area contributed by atoms with Crippen molar-refractivity contribution in [3.63, 3.8) is 0 Å². The fraction of sp³-hybridized carbons (Fsp3) is 0.490. The highest BCUT2D eigenvalue weighted by Crippen LogP contribution is 2.53. The lowest BCUT2D eigenvalue weighted by Crippen LogP contribution is -2.52. The molecule has 9 nitrogen and oxygen atoms in total. The summed E-state index contributed by atoms with van der Waals surface area (Å²) >= 11 is 0. The SMILES string of the molecule is COc1cc(CCC[Si](C)(C)O[Si](C)(C)O[Si](C)(C)CCCc2ccc(OC(=O)Oc3ccc(C4(c5ccccc5)CCC(C)(C)C(C)C4)cc3C)c(OC)c2)ccc1OC(C)=O. The third-order valence-electron chi connectivity index (χ3n) is 12.9. The number of aryl methyl sites for hydroxylation is 3. The van der Waals surface area contributed by atoms with Gasteiger partial charge in [-0.15, -0.1) is 0 Å². The summed E-state index contributed by atoms with van der Waals surface area (Å²) in [6.07, 6.45) is 6.10. The fourth-order valence-corrected chi connectivity index (χ4v) is 23.4. The Labute approximate surface area is 380 Å². The summed E-state index contributed by atoms with van der Waals surface area (Å²) in [5.41, 5.74) is 5.88. The predicted octanol–water partition coefficient (Wildman–Crippen LogP) is 13.4. The van der Waals surface area contributed by atoms with Gasteiger partial charge in [0.05, 0.1) is 14.2 Å². The maximum Gasteiger partial charge on any atom is 0.519 e. The topological polar surface area (TPSA) is 98.8 Å². The zero-order valence-electron chi connectivity index (χ0n) is 40.2. The van der Waals surface area contributed by atoms with Gasteiger partial charge in [0.25, 0.3) is 0 Å². The number of hydrogen-bond donors (Lipinski definition) is 0. The van der Waals surface area contributed by atoms with Crippen molar-refractivity contribution in [2.24, 2.45) is 11.3 Å². The molecule has 342 valence electrons. The lowest BCUT2D eigenvalue weighted by atomic mass is 9.55. The monoisotopic (exact) mass is 912 g/mol. The van der Waals surface area contributed by atoms with Gasteiger partial charge in [0.1, 0.15) is 5.75 Å². The summed E-state index contributed by atoms with van der Waals surface area (Å²) in [7, 11) is -3.30. The van der Waals surface area contributed by atoms with E-state index in [1.54, 1.807) is 26.4 Å². The molecule has 0 heterocycles. The minimum absolute atomic E-state index is 0.103. The van der Waals surface area contributed by atoms with Crippen LogP contribution in [0.25, 0.3) is 0 Å². The summed E-state index contributed by atoms with van der Waals surface area (Å²) in [4.78, 5) is 24.6. The first-order valence-corrected chi connectivity index (χ1v) is 31.6. The molecule has 63 heavy (non-hydrogen) atoms. The molecule has 0 aliphatic heterocycles. The van der Waals surface area contributed by atoms with E-state index in [1.165, 1.54) is 18.1 Å². The van der Waals surface area contributed by atoms with Gasteiger partial charge in [-0.1, -0.05) is 75.4 Å². The number of carbonyl (C=O) groups is 2. The van der Waals surface area contributed by atoms with Crippen LogP contribution in [-0.4, -0.2) is 51.5 Å². The highest BCUT2D eigenvalue weighted by atomic mass is 28.5. The Bertz CT molecular complexity index is 2190. The molecule has 0 aromatic heterocycles. The van der Waals surface area contributed by atoms with E-state index in [-0.39, 0.29) is 16.8 Å². The van der Waals surface area contributed by atoms with Crippen molar-refractivity contribution >= 4 is 37.3 Å². The highest BCUT2D eigenvalue weighted by Gasteiger charge is 2.45. The van der Waals surface area contributed by atoms with Crippen molar-refractivity contribution in [2.75, 3.05) is 14.2 Å². The number of benzene rings is 4. The molecule has 4 aromatic carbocycles. The summed E-state index contributed by atoms with van der Waals surface area (Å²) in [5, 5.41) is 0. The molecule has 2 unspecified atom stereocenters. The van der Waals surface area contributed by atoms with Gasteiger partial charge >= 0.3 is 20.7 Å². The molecule has 0 amide bonds. The fourth-order valence-electron chi connectivity index (χ4n) is 9.34. The maximum absolute atomic E-state index is 13.2. The van der Waals surface area contributed by atoms with E-state index in [0.717, 1.165) is 73.7 Å². The van der Waals surface area contributed by atoms with Gasteiger partial charge in [0.2, 0.25) is 0 Å². The van der Waals surface area contributed by atoms with Crippen LogP contribution in [-0.2, 0) is 31.3 Å². The van der Waals surface area contributed by atoms with Crippen LogP contribution in [0, 0.1) is 18.3 Å². The van der Waals surface area contributed by atoms with Crippen LogP contribution in [0.15, 0.2) is 84.9 Å². The van der Waals surface area contributed by atoms with Crippen LogP contribution in [0.1, 0.15) is 87.6 Å². The molecule has 0 radical (unpaired) electrons. The zero-order valence-corrected chi connectivity index (χ0v) is 43.2. The number of esters is 1. The molecule has 12 heteroatoms. The summed E-state index contributed by atoms with van der Waals surface area (Å²) in [5.74, 6) is 2.44. The highest BCUT2D eigenvalue weighted by molar-refractivity contribution is 6.87. The molecule has 1 aliphatic rings. The normalized spacial score (nSPS) is 17.8. The van der Waals surface area contributed by atoms with E-state index in [4.69, 9.17) is 31.9 Å². The summed E-state index contributed by atoms with van der Waals surface area (Å²) in [6.45, 7) is 24.0. The zero-order chi connectivity index (χ0) is 46.2. The second-order valence-electron chi connectivity index (χ2n) is 19.9. The lowest BCUT2D eigenvalue weighted by Gasteiger charge is -2.48. The first-order chi connectivity index (χ1) is 29.6. The third kappa shape index (κ3) is 13.7. The van der Waals surface area contributed by atoms with Crippen LogP contribution >= 0.6 is 0 Å². The minimum Gasteiger partial charge on any atom is -0.493 e. The first kappa shape index (κ1) is 49.8. The summed E-state index contributed by atoms with van der Waals surface area (Å²) < 4.78 is 41.7. The van der Waals surface area contributed by atoms with Crippen LogP contribution < -0.4 is 23.7 Å². The second kappa shape index (κ2) is 20.7. The number of hydrogen-bond acceptors (Lipinski definition) is 9. The molecular formula is C51H72O9Si3. The standard InChI is InChI=1S/C51H72O9Si3/c1-37-33-43(51(42-21-15-14-16-22-42)30-29-50(4,5)38(2)36-51)25-28-44(37)57-49(53)58-46-27-24-41(35-48(46)55-7)20-18-32-62(10,11)60-63(12,13)59-61(8,9)31-17-19-40-23-26-45(56-39(3)52)47(34-40)54-6/h14-16,21-28,33-35,38H,17-20,29-32,36H2,1-13H3. The molecule has 0 bridgehead atoms. The predicted molar refractivity (Wildman–Crippen MR) is 260 cm³/mol. The van der Waals surface area contributed by atoms with Crippen LogP contribution in [0.3, 0.4) is 0 Å². The van der Waals surface area contributed by atoms with Crippen molar-refractivity contribution in [2.45, 2.75) is 136 Å². The van der Waals surface area contributed by atoms with Crippen molar-refractivity contribution in [1.29, 1.82) is 0 Å². The van der Waals surface area contributed by atoms with Crippen molar-refractivity contribution < 1.29 is 41.5 Å². The Morgan fingerprint density at radius 2 is 1.14 bits per heavy atom. The molecule has 2 atom stereocenters. The van der Waals surface area contributed by atoms with E-state index in [1.807, 2.05) is 37.3 Å². The van der Waals surface area contributed by atoms with E-state index >= 15 is 0 Å². The number of methoxy groups -OCH3 is 2. The molecular weight excluding hydrogens is 841 g/mol. The average Bonchev–Trinajstić information content (AvgIpc) is 3.20. The largest absolute Gasteiger partial charge is 0.519 e. The van der Waals surface area contributed by atoms with Crippen LogP contribution in [0.2, 0.25) is 51.4 Å². The maximum atomic E-state index is 13.2. The Morgan fingerprint density at radius 3 is 1.63 bits per heavy atom. The smallest absolute Gasteiger partial charge is 0.493 e. The molecule has 1 saturated carbocycles. The second-order valence-corrected chi connectivity index (χ2v) is 32.3. The number of ether oxygens (including phenoxy) is 5. The van der Waals surface area contributed by atoms with E-state index in [2.05, 4.69) is 103 Å². The van der Waals surface area contributed by atoms with Gasteiger partial charge in [-0.25, -0.2) is 4.79 Å². The third-order valence-corrected chi connectivity index (χ3v) is 24.3. The van der Waals surface area contributed by atoms with Gasteiger partial charge < -0.3 is 31.9 Å².